The largest absolute Gasteiger partial charge is 0.376 e. The molecular weight excluding hydrogens is 976 g/mol. The zero-order chi connectivity index (χ0) is 51.2. The van der Waals surface area contributed by atoms with Gasteiger partial charge in [-0.05, 0) is 92.4 Å². The van der Waals surface area contributed by atoms with Crippen LogP contribution in [0.3, 0.4) is 0 Å². The number of carbonyl (C=O) groups excluding carboxylic acids is 5. The maximum absolute atomic E-state index is 16.1. The van der Waals surface area contributed by atoms with Crippen molar-refractivity contribution in [3.8, 4) is 0 Å². The lowest BCUT2D eigenvalue weighted by atomic mass is 9.90. The molecule has 5 amide bonds. The van der Waals surface area contributed by atoms with Crippen LogP contribution in [0.15, 0.2) is 60.8 Å². The first-order valence-electron chi connectivity index (χ1n) is 24.0. The predicted octanol–water partition coefficient (Wildman–Crippen LogP) is 5.98. The van der Waals surface area contributed by atoms with E-state index in [4.69, 9.17) is 11.6 Å². The average molecular weight is 1030 g/mol. The van der Waals surface area contributed by atoms with Crippen LogP contribution in [0.25, 0.3) is 21.8 Å². The lowest BCUT2D eigenvalue weighted by Gasteiger charge is -2.40. The van der Waals surface area contributed by atoms with Gasteiger partial charge in [0.15, 0.2) is 5.82 Å². The molecule has 19 nitrogen and oxygen atoms in total. The lowest BCUT2D eigenvalue weighted by molar-refractivity contribution is -0.186. The fourth-order valence-electron chi connectivity index (χ4n) is 10.7. The van der Waals surface area contributed by atoms with Gasteiger partial charge in [-0.3, -0.25) is 33.3 Å². The maximum Gasteiger partial charge on any atom is 0.284 e. The van der Waals surface area contributed by atoms with E-state index in [1.807, 2.05) is 12.1 Å². The minimum Gasteiger partial charge on any atom is -0.376 e. The normalized spacial score (nSPS) is 23.2. The first-order chi connectivity index (χ1) is 34.8. The summed E-state index contributed by atoms with van der Waals surface area (Å²) in [4.78, 5) is 80.1. The topological polar surface area (TPSA) is 208 Å². The quantitative estimate of drug-likeness (QED) is 0.0920. The third-order valence-corrected chi connectivity index (χ3v) is 14.9. The lowest BCUT2D eigenvalue weighted by Crippen LogP contribution is -2.61. The van der Waals surface area contributed by atoms with Crippen LogP contribution >= 0.6 is 11.6 Å². The van der Waals surface area contributed by atoms with Gasteiger partial charge in [-0.1, -0.05) is 11.6 Å². The Kier molecular flexibility index (Phi) is 11.8. The van der Waals surface area contributed by atoms with Crippen LogP contribution in [0.2, 0.25) is 5.02 Å². The highest BCUT2D eigenvalue weighted by Crippen LogP contribution is 2.41. The van der Waals surface area contributed by atoms with Crippen molar-refractivity contribution in [2.75, 3.05) is 59.0 Å². The smallest absolute Gasteiger partial charge is 0.284 e. The number of nitrogens with zero attached hydrogens (tertiary/aromatic N) is 10. The number of rotatable bonds is 10. The highest BCUT2D eigenvalue weighted by atomic mass is 35.5. The molecule has 73 heavy (non-hydrogen) atoms. The van der Waals surface area contributed by atoms with E-state index in [-0.39, 0.29) is 79.9 Å². The van der Waals surface area contributed by atoms with Gasteiger partial charge in [0.25, 0.3) is 23.7 Å². The number of aryl methyl sites for hydroxylation is 2. The average Bonchev–Trinajstić information content (AvgIpc) is 3.96. The molecule has 4 saturated heterocycles. The van der Waals surface area contributed by atoms with Gasteiger partial charge in [-0.2, -0.15) is 25.2 Å². The summed E-state index contributed by atoms with van der Waals surface area (Å²) in [5.41, 5.74) is 4.73. The number of benzene rings is 3. The standard InChI is InChI=1S/C49H49ClF4N14O5/c1-63-34-11-6-26(18-25(34)19-41(63)71)59-44-33(50)22-56-47(60-44)66-17-15-38(49(53,54)24-66)58-28-5-8-30-36(21-28)65(3)62-43(30)32-10-13-40(70)68(46(32)73)67-39(69)12-9-31(45(67)72)42-29-7-4-27(20-35(29)64(2)61-42)57-37-14-16-55-23-48(37,51)52/h4-8,11,18,20-22,31-32,37-38,55,57-58H,9-10,12-17,19,23-24H2,1-3H3,(H,56,59,60). The summed E-state index contributed by atoms with van der Waals surface area (Å²) in [5, 5.41) is 23.6. The molecule has 3 aromatic carbocycles. The molecule has 4 N–H and O–H groups in total. The third-order valence-electron chi connectivity index (χ3n) is 14.6. The van der Waals surface area contributed by atoms with E-state index in [0.29, 0.717) is 61.1 Å². The van der Waals surface area contributed by atoms with Gasteiger partial charge >= 0.3 is 0 Å². The number of halogens is 5. The fraction of sp³-hybridized carbons (Fsp3) is 0.408. The Hall–Kier alpha value is -7.40. The molecule has 0 aliphatic carbocycles. The fourth-order valence-corrected chi connectivity index (χ4v) is 10.9. The van der Waals surface area contributed by atoms with Crippen molar-refractivity contribution >= 4 is 97.5 Å². The Balaban J connectivity index is 0.776. The highest BCUT2D eigenvalue weighted by Gasteiger charge is 2.50. The summed E-state index contributed by atoms with van der Waals surface area (Å²) < 4.78 is 64.4. The Morgan fingerprint density at radius 1 is 0.699 bits per heavy atom. The van der Waals surface area contributed by atoms with Crippen molar-refractivity contribution in [2.24, 2.45) is 14.1 Å². The van der Waals surface area contributed by atoms with Crippen molar-refractivity contribution in [1.82, 2.24) is 44.9 Å². The summed E-state index contributed by atoms with van der Waals surface area (Å²) in [5.74, 6) is -11.1. The molecule has 4 unspecified atom stereocenters. The molecule has 0 bridgehead atoms. The Bertz CT molecular complexity index is 3290. The van der Waals surface area contributed by atoms with E-state index in [1.165, 1.54) is 20.5 Å². The first-order valence-corrected chi connectivity index (χ1v) is 24.3. The van der Waals surface area contributed by atoms with Crippen LogP contribution in [0.1, 0.15) is 67.3 Å². The highest BCUT2D eigenvalue weighted by molar-refractivity contribution is 6.33. The molecule has 380 valence electrons. The van der Waals surface area contributed by atoms with Crippen molar-refractivity contribution in [2.45, 2.75) is 80.7 Å². The number of anilines is 6. The molecule has 3 aromatic heterocycles. The van der Waals surface area contributed by atoms with Gasteiger partial charge < -0.3 is 31.1 Å². The second-order valence-corrected chi connectivity index (χ2v) is 19.7. The van der Waals surface area contributed by atoms with Crippen LogP contribution < -0.4 is 31.1 Å². The van der Waals surface area contributed by atoms with Crippen LogP contribution in [-0.2, 0) is 44.5 Å². The summed E-state index contributed by atoms with van der Waals surface area (Å²) in [7, 11) is 5.00. The molecule has 8 heterocycles. The number of alkyl halides is 4. The molecule has 4 fully saturated rings. The second-order valence-electron chi connectivity index (χ2n) is 19.3. The van der Waals surface area contributed by atoms with Crippen LogP contribution in [0, 0.1) is 0 Å². The third kappa shape index (κ3) is 8.50. The Labute approximate surface area is 419 Å². The van der Waals surface area contributed by atoms with E-state index in [1.54, 1.807) is 68.5 Å². The number of likely N-dealkylation sites (N-methyl/N-ethyl adjacent to an activating group) is 1. The number of fused-ring (bicyclic) bond motifs is 3. The maximum atomic E-state index is 16.1. The molecule has 5 aliphatic heterocycles. The molecule has 4 atom stereocenters. The molecule has 0 radical (unpaired) electrons. The van der Waals surface area contributed by atoms with Crippen LogP contribution in [-0.4, -0.2) is 126 Å². The van der Waals surface area contributed by atoms with E-state index >= 15 is 8.78 Å². The van der Waals surface area contributed by atoms with E-state index in [0.717, 1.165) is 11.3 Å². The van der Waals surface area contributed by atoms with E-state index in [2.05, 4.69) is 41.4 Å². The number of aromatic nitrogens is 6. The van der Waals surface area contributed by atoms with Crippen molar-refractivity contribution < 1.29 is 41.5 Å². The number of hydrogen-bond acceptors (Lipinski definition) is 14. The summed E-state index contributed by atoms with van der Waals surface area (Å²) in [6, 6.07) is 12.9. The van der Waals surface area contributed by atoms with Gasteiger partial charge in [0.2, 0.25) is 23.7 Å². The van der Waals surface area contributed by atoms with Crippen molar-refractivity contribution in [3.63, 3.8) is 0 Å². The molecular formula is C49H49ClF4N14O5. The number of piperidine rings is 4. The zero-order valence-electron chi connectivity index (χ0n) is 39.8. The number of amides is 5. The van der Waals surface area contributed by atoms with Crippen LogP contribution in [0.4, 0.5) is 52.1 Å². The van der Waals surface area contributed by atoms with Crippen molar-refractivity contribution in [3.05, 3.63) is 82.8 Å². The second kappa shape index (κ2) is 18.0. The Morgan fingerprint density at radius 2 is 1.27 bits per heavy atom. The number of imide groups is 2. The van der Waals surface area contributed by atoms with Gasteiger partial charge in [-0.15, -0.1) is 0 Å². The Morgan fingerprint density at radius 3 is 1.85 bits per heavy atom. The molecule has 5 aliphatic rings. The number of hydrogen-bond donors (Lipinski definition) is 4. The summed E-state index contributed by atoms with van der Waals surface area (Å²) in [6.45, 7) is -0.515. The van der Waals surface area contributed by atoms with Gasteiger partial charge in [0.1, 0.15) is 5.02 Å². The summed E-state index contributed by atoms with van der Waals surface area (Å²) in [6.07, 6.45) is 1.57. The summed E-state index contributed by atoms with van der Waals surface area (Å²) >= 11 is 6.44. The minimum atomic E-state index is -3.26. The molecule has 6 aromatic rings. The van der Waals surface area contributed by atoms with Gasteiger partial charge in [-0.25, -0.2) is 22.5 Å². The predicted molar refractivity (Wildman–Crippen MR) is 262 cm³/mol. The van der Waals surface area contributed by atoms with Crippen molar-refractivity contribution in [1.29, 1.82) is 0 Å². The molecule has 0 saturated carbocycles. The van der Waals surface area contributed by atoms with Gasteiger partial charge in [0, 0.05) is 74.1 Å². The zero-order valence-corrected chi connectivity index (χ0v) is 40.5. The van der Waals surface area contributed by atoms with Crippen LogP contribution in [0.5, 0.6) is 0 Å². The molecule has 24 heteroatoms. The minimum absolute atomic E-state index is 0.00930. The molecule has 11 rings (SSSR count). The molecule has 0 spiro atoms. The van der Waals surface area contributed by atoms with Gasteiger partial charge in [0.05, 0.1) is 72.0 Å². The first kappa shape index (κ1) is 47.9. The monoisotopic (exact) mass is 1020 g/mol. The number of nitrogens with one attached hydrogen (secondary N) is 4. The number of carbonyl (C=O) groups is 5. The van der Waals surface area contributed by atoms with E-state index < -0.39 is 72.5 Å². The number of hydrazine groups is 1. The SMILES string of the molecule is CN1C(=O)Cc2cc(Nc3nc(N4CCC(Nc5ccc6c(C7CCC(=O)N(N8C(=O)CCC(c9nn(C)c%10cc(NC%11CCNCC%11(F)F)ccc9%10)C8=O)C7=O)nn(C)c6c5)C(F)(F)C4)ncc3Cl)ccc21. The van der Waals surface area contributed by atoms with E-state index in [9.17, 15) is 32.8 Å².